The molecule has 0 radical (unpaired) electrons. The molecule has 0 aliphatic heterocycles. The molecule has 0 aliphatic rings. The standard InChI is InChI=1S/C13H27N5/c1-11(2)17(4)9-7-6-8-14-10-13-16-15-12(3)18(13)5/h11,14H,6-10H2,1-5H3. The monoisotopic (exact) mass is 253 g/mol. The van der Waals surface area contributed by atoms with Crippen molar-refractivity contribution in [2.75, 3.05) is 20.1 Å². The van der Waals surface area contributed by atoms with Gasteiger partial charge in [-0.2, -0.15) is 0 Å². The van der Waals surface area contributed by atoms with Crippen LogP contribution in [-0.4, -0.2) is 45.8 Å². The van der Waals surface area contributed by atoms with Gasteiger partial charge in [-0.1, -0.05) is 0 Å². The van der Waals surface area contributed by atoms with Crippen LogP contribution in [0.3, 0.4) is 0 Å². The van der Waals surface area contributed by atoms with Crippen molar-refractivity contribution in [3.63, 3.8) is 0 Å². The normalized spacial score (nSPS) is 11.7. The summed E-state index contributed by atoms with van der Waals surface area (Å²) in [5.74, 6) is 1.97. The molecular formula is C13H27N5. The Morgan fingerprint density at radius 2 is 2.00 bits per heavy atom. The van der Waals surface area contributed by atoms with Gasteiger partial charge in [0.25, 0.3) is 0 Å². The van der Waals surface area contributed by atoms with Crippen molar-refractivity contribution in [1.29, 1.82) is 0 Å². The molecule has 0 atom stereocenters. The molecule has 0 spiro atoms. The number of aromatic nitrogens is 3. The largest absolute Gasteiger partial charge is 0.317 e. The van der Waals surface area contributed by atoms with Crippen molar-refractivity contribution in [3.05, 3.63) is 11.6 Å². The van der Waals surface area contributed by atoms with E-state index in [9.17, 15) is 0 Å². The lowest BCUT2D eigenvalue weighted by Crippen LogP contribution is -2.28. The van der Waals surface area contributed by atoms with E-state index in [2.05, 4.69) is 41.3 Å². The van der Waals surface area contributed by atoms with Gasteiger partial charge in [-0.25, -0.2) is 0 Å². The Balaban J connectivity index is 2.07. The summed E-state index contributed by atoms with van der Waals surface area (Å²) in [4.78, 5) is 2.38. The number of aryl methyl sites for hydroxylation is 1. The van der Waals surface area contributed by atoms with Gasteiger partial charge in [0, 0.05) is 13.1 Å². The van der Waals surface area contributed by atoms with Crippen molar-refractivity contribution in [2.45, 2.75) is 46.2 Å². The fourth-order valence-corrected chi connectivity index (χ4v) is 1.67. The van der Waals surface area contributed by atoms with E-state index in [1.165, 1.54) is 19.4 Å². The van der Waals surface area contributed by atoms with Crippen LogP contribution in [0.25, 0.3) is 0 Å². The van der Waals surface area contributed by atoms with Gasteiger partial charge >= 0.3 is 0 Å². The Morgan fingerprint density at radius 1 is 1.28 bits per heavy atom. The summed E-state index contributed by atoms with van der Waals surface area (Å²) in [6, 6.07) is 0.638. The van der Waals surface area contributed by atoms with Crippen molar-refractivity contribution >= 4 is 0 Å². The second kappa shape index (κ2) is 7.48. The van der Waals surface area contributed by atoms with Gasteiger partial charge in [-0.3, -0.25) is 0 Å². The number of hydrogen-bond acceptors (Lipinski definition) is 4. The topological polar surface area (TPSA) is 46.0 Å². The van der Waals surface area contributed by atoms with Gasteiger partial charge in [0.05, 0.1) is 6.54 Å². The zero-order chi connectivity index (χ0) is 13.5. The first-order chi connectivity index (χ1) is 8.52. The minimum Gasteiger partial charge on any atom is -0.317 e. The molecule has 1 N–H and O–H groups in total. The maximum atomic E-state index is 4.13. The van der Waals surface area contributed by atoms with Gasteiger partial charge in [0.1, 0.15) is 11.6 Å². The first-order valence-corrected chi connectivity index (χ1v) is 6.78. The molecule has 1 aromatic heterocycles. The molecule has 18 heavy (non-hydrogen) atoms. The van der Waals surface area contributed by atoms with Crippen molar-refractivity contribution < 1.29 is 0 Å². The predicted octanol–water partition coefficient (Wildman–Crippen LogP) is 1.33. The van der Waals surface area contributed by atoms with Crippen molar-refractivity contribution in [1.82, 2.24) is 25.0 Å². The molecule has 0 saturated heterocycles. The lowest BCUT2D eigenvalue weighted by molar-refractivity contribution is 0.268. The minimum absolute atomic E-state index is 0.638. The lowest BCUT2D eigenvalue weighted by Gasteiger charge is -2.20. The molecule has 0 unspecified atom stereocenters. The highest BCUT2D eigenvalue weighted by atomic mass is 15.3. The van der Waals surface area contributed by atoms with Gasteiger partial charge < -0.3 is 14.8 Å². The molecule has 0 fully saturated rings. The summed E-state index contributed by atoms with van der Waals surface area (Å²) in [5.41, 5.74) is 0. The van der Waals surface area contributed by atoms with Crippen LogP contribution in [-0.2, 0) is 13.6 Å². The number of unbranched alkanes of at least 4 members (excludes halogenated alkanes) is 1. The molecule has 1 heterocycles. The van der Waals surface area contributed by atoms with E-state index in [1.54, 1.807) is 0 Å². The molecule has 1 aromatic rings. The van der Waals surface area contributed by atoms with Crippen LogP contribution >= 0.6 is 0 Å². The Morgan fingerprint density at radius 3 is 2.56 bits per heavy atom. The number of nitrogens with one attached hydrogen (secondary N) is 1. The van der Waals surface area contributed by atoms with Gasteiger partial charge in [-0.05, 0) is 53.8 Å². The van der Waals surface area contributed by atoms with Gasteiger partial charge in [-0.15, -0.1) is 10.2 Å². The van der Waals surface area contributed by atoms with Crippen molar-refractivity contribution in [3.8, 4) is 0 Å². The van der Waals surface area contributed by atoms with Crippen LogP contribution in [0, 0.1) is 6.92 Å². The van der Waals surface area contributed by atoms with E-state index in [4.69, 9.17) is 0 Å². The zero-order valence-electron chi connectivity index (χ0n) is 12.4. The first kappa shape index (κ1) is 15.1. The second-order valence-electron chi connectivity index (χ2n) is 5.18. The molecule has 0 bridgehead atoms. The highest BCUT2D eigenvalue weighted by molar-refractivity contribution is 4.91. The van der Waals surface area contributed by atoms with E-state index in [0.717, 1.165) is 24.7 Å². The number of hydrogen-bond donors (Lipinski definition) is 1. The Kier molecular flexibility index (Phi) is 6.29. The van der Waals surface area contributed by atoms with E-state index in [1.807, 2.05) is 18.5 Å². The van der Waals surface area contributed by atoms with Crippen LogP contribution in [0.4, 0.5) is 0 Å². The summed E-state index contributed by atoms with van der Waals surface area (Å²) in [6.45, 7) is 9.44. The average molecular weight is 253 g/mol. The summed E-state index contributed by atoms with van der Waals surface area (Å²) in [7, 11) is 4.18. The maximum Gasteiger partial charge on any atom is 0.146 e. The third-order valence-corrected chi connectivity index (χ3v) is 3.46. The fraction of sp³-hybridized carbons (Fsp3) is 0.846. The van der Waals surface area contributed by atoms with Crippen molar-refractivity contribution in [2.24, 2.45) is 7.05 Å². The molecule has 0 aliphatic carbocycles. The SMILES string of the molecule is Cc1nnc(CNCCCCN(C)C(C)C)n1C. The Hall–Kier alpha value is -0.940. The Bertz CT molecular complexity index is 345. The summed E-state index contributed by atoms with van der Waals surface area (Å²) >= 11 is 0. The summed E-state index contributed by atoms with van der Waals surface area (Å²) in [5, 5.41) is 11.6. The van der Waals surface area contributed by atoms with Crippen LogP contribution in [0.15, 0.2) is 0 Å². The first-order valence-electron chi connectivity index (χ1n) is 6.78. The van der Waals surface area contributed by atoms with E-state index >= 15 is 0 Å². The maximum absolute atomic E-state index is 4.13. The average Bonchev–Trinajstić information content (AvgIpc) is 2.64. The predicted molar refractivity (Wildman–Crippen MR) is 74.4 cm³/mol. The highest BCUT2D eigenvalue weighted by Crippen LogP contribution is 1.99. The molecule has 5 heteroatoms. The third-order valence-electron chi connectivity index (χ3n) is 3.46. The molecule has 104 valence electrons. The molecule has 0 aromatic carbocycles. The van der Waals surface area contributed by atoms with Crippen LogP contribution in [0.5, 0.6) is 0 Å². The molecule has 5 nitrogen and oxygen atoms in total. The number of nitrogens with zero attached hydrogens (tertiary/aromatic N) is 4. The smallest absolute Gasteiger partial charge is 0.146 e. The zero-order valence-corrected chi connectivity index (χ0v) is 12.4. The quantitative estimate of drug-likeness (QED) is 0.710. The van der Waals surface area contributed by atoms with Gasteiger partial charge in [0.15, 0.2) is 0 Å². The molecular weight excluding hydrogens is 226 g/mol. The van der Waals surface area contributed by atoms with E-state index < -0.39 is 0 Å². The molecule has 0 saturated carbocycles. The Labute approximate surface area is 111 Å². The van der Waals surface area contributed by atoms with Crippen LogP contribution < -0.4 is 5.32 Å². The molecule has 0 amide bonds. The fourth-order valence-electron chi connectivity index (χ4n) is 1.67. The van der Waals surface area contributed by atoms with Gasteiger partial charge in [0.2, 0.25) is 0 Å². The van der Waals surface area contributed by atoms with Crippen LogP contribution in [0.1, 0.15) is 38.3 Å². The number of rotatable bonds is 8. The van der Waals surface area contributed by atoms with E-state index in [0.29, 0.717) is 6.04 Å². The molecule has 1 rings (SSSR count). The highest BCUT2D eigenvalue weighted by Gasteiger charge is 2.04. The summed E-state index contributed by atoms with van der Waals surface area (Å²) in [6.07, 6.45) is 2.44. The second-order valence-corrected chi connectivity index (χ2v) is 5.18. The van der Waals surface area contributed by atoms with Crippen LogP contribution in [0.2, 0.25) is 0 Å². The summed E-state index contributed by atoms with van der Waals surface area (Å²) < 4.78 is 2.03. The third kappa shape index (κ3) is 4.74. The lowest BCUT2D eigenvalue weighted by atomic mass is 10.2. The minimum atomic E-state index is 0.638. The van der Waals surface area contributed by atoms with E-state index in [-0.39, 0.29) is 0 Å².